The summed E-state index contributed by atoms with van der Waals surface area (Å²) in [6.07, 6.45) is 0.702. The highest BCUT2D eigenvalue weighted by Gasteiger charge is 2.13. The summed E-state index contributed by atoms with van der Waals surface area (Å²) < 4.78 is 10.5. The van der Waals surface area contributed by atoms with Crippen LogP contribution in [0.2, 0.25) is 0 Å². The molecule has 2 aromatic heterocycles. The summed E-state index contributed by atoms with van der Waals surface area (Å²) in [5.41, 5.74) is 1.53. The molecule has 0 aliphatic rings. The molecule has 0 bridgehead atoms. The van der Waals surface area contributed by atoms with Gasteiger partial charge in [-0.05, 0) is 43.2 Å². The fourth-order valence-electron chi connectivity index (χ4n) is 2.49. The molecule has 0 aliphatic carbocycles. The standard InChI is InChI=1S/C19H20N2O3S2/c1-12-4-7-17(26-12)19-21-14(11-25-19)18(22)20-9-8-13-5-6-15(23-2)16(10-13)24-3/h4-7,10-11H,8-9H2,1-3H3,(H,20,22). The van der Waals surface area contributed by atoms with E-state index < -0.39 is 0 Å². The maximum atomic E-state index is 12.3. The van der Waals surface area contributed by atoms with Gasteiger partial charge in [0, 0.05) is 16.8 Å². The smallest absolute Gasteiger partial charge is 0.270 e. The minimum absolute atomic E-state index is 0.152. The fourth-order valence-corrected chi connectivity index (χ4v) is 4.23. The number of aromatic nitrogens is 1. The van der Waals surface area contributed by atoms with E-state index in [-0.39, 0.29) is 5.91 Å². The van der Waals surface area contributed by atoms with Crippen molar-refractivity contribution in [3.05, 3.63) is 51.8 Å². The van der Waals surface area contributed by atoms with Crippen molar-refractivity contribution in [1.29, 1.82) is 0 Å². The van der Waals surface area contributed by atoms with Gasteiger partial charge in [0.05, 0.1) is 19.1 Å². The number of methoxy groups -OCH3 is 2. The van der Waals surface area contributed by atoms with E-state index in [1.54, 1.807) is 30.9 Å². The van der Waals surface area contributed by atoms with Gasteiger partial charge >= 0.3 is 0 Å². The van der Waals surface area contributed by atoms with Crippen LogP contribution in [0, 0.1) is 6.92 Å². The van der Waals surface area contributed by atoms with Crippen LogP contribution in [0.5, 0.6) is 11.5 Å². The van der Waals surface area contributed by atoms with Crippen molar-refractivity contribution in [2.24, 2.45) is 0 Å². The third kappa shape index (κ3) is 4.23. The maximum Gasteiger partial charge on any atom is 0.270 e. The van der Waals surface area contributed by atoms with Crippen molar-refractivity contribution in [2.45, 2.75) is 13.3 Å². The molecular weight excluding hydrogens is 368 g/mol. The predicted octanol–water partition coefficient (Wildman–Crippen LogP) is 4.17. The van der Waals surface area contributed by atoms with Gasteiger partial charge in [0.2, 0.25) is 0 Å². The Morgan fingerprint density at radius 3 is 2.65 bits per heavy atom. The molecule has 3 rings (SSSR count). The summed E-state index contributed by atoms with van der Waals surface area (Å²) in [4.78, 5) is 19.1. The summed E-state index contributed by atoms with van der Waals surface area (Å²) >= 11 is 3.17. The van der Waals surface area contributed by atoms with Gasteiger partial charge < -0.3 is 14.8 Å². The van der Waals surface area contributed by atoms with Gasteiger partial charge in [-0.2, -0.15) is 0 Å². The number of hydrogen-bond donors (Lipinski definition) is 1. The van der Waals surface area contributed by atoms with E-state index in [0.717, 1.165) is 15.4 Å². The van der Waals surface area contributed by atoms with E-state index in [1.165, 1.54) is 16.2 Å². The Labute approximate surface area is 160 Å². The van der Waals surface area contributed by atoms with Crippen molar-refractivity contribution in [2.75, 3.05) is 20.8 Å². The van der Waals surface area contributed by atoms with Crippen LogP contribution in [0.3, 0.4) is 0 Å². The van der Waals surface area contributed by atoms with Crippen molar-refractivity contribution in [3.8, 4) is 21.4 Å². The molecule has 7 heteroatoms. The Kier molecular flexibility index (Phi) is 5.90. The van der Waals surface area contributed by atoms with Crippen LogP contribution >= 0.6 is 22.7 Å². The second-order valence-electron chi connectivity index (χ2n) is 5.64. The van der Waals surface area contributed by atoms with Crippen LogP contribution < -0.4 is 14.8 Å². The first kappa shape index (κ1) is 18.4. The molecule has 136 valence electrons. The van der Waals surface area contributed by atoms with E-state index in [2.05, 4.69) is 23.3 Å². The molecule has 2 heterocycles. The molecule has 0 unspecified atom stereocenters. The van der Waals surface area contributed by atoms with Gasteiger partial charge in [-0.1, -0.05) is 6.07 Å². The number of rotatable bonds is 7. The maximum absolute atomic E-state index is 12.3. The van der Waals surface area contributed by atoms with Crippen molar-refractivity contribution in [3.63, 3.8) is 0 Å². The molecule has 0 atom stereocenters. The third-order valence-electron chi connectivity index (χ3n) is 3.84. The van der Waals surface area contributed by atoms with Crippen LogP contribution in [0.25, 0.3) is 9.88 Å². The van der Waals surface area contributed by atoms with Crippen LogP contribution in [0.4, 0.5) is 0 Å². The average Bonchev–Trinajstić information content (AvgIpc) is 3.30. The van der Waals surface area contributed by atoms with Crippen LogP contribution in [-0.4, -0.2) is 31.7 Å². The van der Waals surface area contributed by atoms with Gasteiger partial charge in [0.1, 0.15) is 10.7 Å². The van der Waals surface area contributed by atoms with E-state index in [1.807, 2.05) is 24.3 Å². The van der Waals surface area contributed by atoms with E-state index in [9.17, 15) is 4.79 Å². The SMILES string of the molecule is COc1ccc(CCNC(=O)c2csc(-c3ccc(C)s3)n2)cc1OC. The minimum Gasteiger partial charge on any atom is -0.493 e. The topological polar surface area (TPSA) is 60.5 Å². The number of ether oxygens (including phenoxy) is 2. The molecule has 5 nitrogen and oxygen atoms in total. The lowest BCUT2D eigenvalue weighted by molar-refractivity contribution is 0.0950. The molecule has 3 aromatic rings. The largest absolute Gasteiger partial charge is 0.493 e. The lowest BCUT2D eigenvalue weighted by Crippen LogP contribution is -2.25. The van der Waals surface area contributed by atoms with Crippen LogP contribution in [-0.2, 0) is 6.42 Å². The normalized spacial score (nSPS) is 10.6. The highest BCUT2D eigenvalue weighted by Crippen LogP contribution is 2.30. The number of aryl methyl sites for hydroxylation is 1. The molecule has 0 saturated heterocycles. The predicted molar refractivity (Wildman–Crippen MR) is 106 cm³/mol. The van der Waals surface area contributed by atoms with Crippen molar-refractivity contribution >= 4 is 28.6 Å². The highest BCUT2D eigenvalue weighted by molar-refractivity contribution is 7.21. The minimum atomic E-state index is -0.152. The summed E-state index contributed by atoms with van der Waals surface area (Å²) in [5, 5.41) is 5.60. The second kappa shape index (κ2) is 8.33. The summed E-state index contributed by atoms with van der Waals surface area (Å²) in [5.74, 6) is 1.23. The summed E-state index contributed by atoms with van der Waals surface area (Å²) in [6, 6.07) is 9.85. The quantitative estimate of drug-likeness (QED) is 0.660. The van der Waals surface area contributed by atoms with Gasteiger partial charge in [-0.25, -0.2) is 4.98 Å². The first-order valence-corrected chi connectivity index (χ1v) is 9.81. The second-order valence-corrected chi connectivity index (χ2v) is 7.79. The number of carbonyl (C=O) groups excluding carboxylic acids is 1. The van der Waals surface area contributed by atoms with E-state index in [0.29, 0.717) is 30.2 Å². The van der Waals surface area contributed by atoms with Gasteiger partial charge in [-0.15, -0.1) is 22.7 Å². The zero-order valence-corrected chi connectivity index (χ0v) is 16.5. The van der Waals surface area contributed by atoms with Crippen molar-refractivity contribution in [1.82, 2.24) is 10.3 Å². The Balaban J connectivity index is 1.57. The van der Waals surface area contributed by atoms with Crippen LogP contribution in [0.1, 0.15) is 20.9 Å². The molecular formula is C19H20N2O3S2. The highest BCUT2D eigenvalue weighted by atomic mass is 32.1. The van der Waals surface area contributed by atoms with Gasteiger partial charge in [0.15, 0.2) is 11.5 Å². The monoisotopic (exact) mass is 388 g/mol. The number of thiophene rings is 1. The zero-order valence-electron chi connectivity index (χ0n) is 14.9. The number of benzene rings is 1. The number of amides is 1. The number of nitrogens with one attached hydrogen (secondary N) is 1. The first-order valence-electron chi connectivity index (χ1n) is 8.12. The number of thiazole rings is 1. The van der Waals surface area contributed by atoms with Crippen molar-refractivity contribution < 1.29 is 14.3 Å². The molecule has 1 N–H and O–H groups in total. The van der Waals surface area contributed by atoms with E-state index >= 15 is 0 Å². The molecule has 0 spiro atoms. The number of nitrogens with zero attached hydrogens (tertiary/aromatic N) is 1. The Morgan fingerprint density at radius 1 is 1.15 bits per heavy atom. The third-order valence-corrected chi connectivity index (χ3v) is 5.85. The van der Waals surface area contributed by atoms with E-state index in [4.69, 9.17) is 9.47 Å². The van der Waals surface area contributed by atoms with Crippen LogP contribution in [0.15, 0.2) is 35.7 Å². The Morgan fingerprint density at radius 2 is 1.96 bits per heavy atom. The van der Waals surface area contributed by atoms with Gasteiger partial charge in [-0.3, -0.25) is 4.79 Å². The molecule has 26 heavy (non-hydrogen) atoms. The Hall–Kier alpha value is -2.38. The Bertz CT molecular complexity index is 902. The average molecular weight is 389 g/mol. The number of carbonyl (C=O) groups is 1. The molecule has 1 aromatic carbocycles. The molecule has 0 fully saturated rings. The lowest BCUT2D eigenvalue weighted by Gasteiger charge is -2.09. The molecule has 0 saturated carbocycles. The first-order chi connectivity index (χ1) is 12.6. The lowest BCUT2D eigenvalue weighted by atomic mass is 10.1. The van der Waals surface area contributed by atoms with Gasteiger partial charge in [0.25, 0.3) is 5.91 Å². The summed E-state index contributed by atoms with van der Waals surface area (Å²) in [7, 11) is 3.22. The summed E-state index contributed by atoms with van der Waals surface area (Å²) in [6.45, 7) is 2.59. The molecule has 0 aliphatic heterocycles. The fraction of sp³-hybridized carbons (Fsp3) is 0.263. The molecule has 1 amide bonds. The molecule has 0 radical (unpaired) electrons. The number of hydrogen-bond acceptors (Lipinski definition) is 6. The zero-order chi connectivity index (χ0) is 18.5.